The van der Waals surface area contributed by atoms with E-state index in [1.165, 1.54) is 45.8 Å². The zero-order valence-corrected chi connectivity index (χ0v) is 7.92. The Morgan fingerprint density at radius 2 is 1.92 bits per heavy atom. The minimum Gasteiger partial charge on any atom is -0.314 e. The lowest BCUT2D eigenvalue weighted by molar-refractivity contribution is 0.0309. The molecule has 70 valence electrons. The van der Waals surface area contributed by atoms with Gasteiger partial charge in [0, 0.05) is 45.3 Å². The molecule has 2 saturated heterocycles. The van der Waals surface area contributed by atoms with E-state index in [9.17, 15) is 0 Å². The van der Waals surface area contributed by atoms with E-state index in [-0.39, 0.29) is 0 Å². The Labute approximate surface area is 74.7 Å². The van der Waals surface area contributed by atoms with Crippen molar-refractivity contribution in [2.24, 2.45) is 0 Å². The molecule has 2 fully saturated rings. The maximum atomic E-state index is 3.39. The molecule has 2 aliphatic heterocycles. The summed E-state index contributed by atoms with van der Waals surface area (Å²) in [6.07, 6.45) is 0. The summed E-state index contributed by atoms with van der Waals surface area (Å²) >= 11 is 0. The van der Waals surface area contributed by atoms with Gasteiger partial charge in [0.15, 0.2) is 0 Å². The van der Waals surface area contributed by atoms with Gasteiger partial charge in [-0.05, 0) is 6.54 Å². The molecular weight excluding hydrogens is 150 g/mol. The van der Waals surface area contributed by atoms with Crippen LogP contribution in [0.3, 0.4) is 0 Å². The number of likely N-dealkylation sites (tertiary alicyclic amines) is 1. The molecule has 0 aromatic heterocycles. The van der Waals surface area contributed by atoms with Crippen LogP contribution < -0.4 is 5.32 Å². The zero-order chi connectivity index (χ0) is 8.39. The highest BCUT2D eigenvalue weighted by atomic mass is 15.3. The van der Waals surface area contributed by atoms with Crippen LogP contribution >= 0.6 is 0 Å². The van der Waals surface area contributed by atoms with Crippen LogP contribution in [0, 0.1) is 0 Å². The molecule has 0 spiro atoms. The molecule has 0 aromatic rings. The molecule has 0 saturated carbocycles. The maximum absolute atomic E-state index is 3.39. The van der Waals surface area contributed by atoms with Crippen LogP contribution in [0.2, 0.25) is 0 Å². The second-order valence-corrected chi connectivity index (χ2v) is 3.79. The molecule has 0 aromatic carbocycles. The number of hydrogen-bond acceptors (Lipinski definition) is 3. The molecule has 1 N–H and O–H groups in total. The van der Waals surface area contributed by atoms with Crippen molar-refractivity contribution < 1.29 is 0 Å². The van der Waals surface area contributed by atoms with Gasteiger partial charge < -0.3 is 10.2 Å². The van der Waals surface area contributed by atoms with E-state index in [4.69, 9.17) is 0 Å². The number of rotatable bonds is 2. The highest BCUT2D eigenvalue weighted by Crippen LogP contribution is 2.14. The number of hydrogen-bond donors (Lipinski definition) is 1. The van der Waals surface area contributed by atoms with E-state index < -0.39 is 0 Å². The van der Waals surface area contributed by atoms with Crippen molar-refractivity contribution in [3.8, 4) is 0 Å². The van der Waals surface area contributed by atoms with Crippen LogP contribution in [0.1, 0.15) is 6.92 Å². The van der Waals surface area contributed by atoms with Crippen LogP contribution in [-0.2, 0) is 0 Å². The fourth-order valence-corrected chi connectivity index (χ4v) is 2.08. The Bertz CT molecular complexity index is 137. The molecule has 2 rings (SSSR count). The number of nitrogens with zero attached hydrogens (tertiary/aromatic N) is 2. The third kappa shape index (κ3) is 1.63. The summed E-state index contributed by atoms with van der Waals surface area (Å²) < 4.78 is 0. The van der Waals surface area contributed by atoms with Crippen molar-refractivity contribution in [3.63, 3.8) is 0 Å². The van der Waals surface area contributed by atoms with Crippen LogP contribution in [0.25, 0.3) is 0 Å². The maximum Gasteiger partial charge on any atom is 0.0351 e. The predicted octanol–water partition coefficient (Wildman–Crippen LogP) is -0.404. The number of piperazine rings is 1. The molecule has 0 unspecified atom stereocenters. The molecular formula is C9H19N3. The van der Waals surface area contributed by atoms with Gasteiger partial charge in [-0.3, -0.25) is 4.90 Å². The Kier molecular flexibility index (Phi) is 2.63. The summed E-state index contributed by atoms with van der Waals surface area (Å²) in [5, 5.41) is 3.39. The first-order valence-corrected chi connectivity index (χ1v) is 5.07. The Balaban J connectivity index is 1.72. The highest BCUT2D eigenvalue weighted by molar-refractivity contribution is 4.88. The molecule has 2 aliphatic rings. The van der Waals surface area contributed by atoms with Gasteiger partial charge in [0.2, 0.25) is 0 Å². The first-order valence-electron chi connectivity index (χ1n) is 5.07. The van der Waals surface area contributed by atoms with Gasteiger partial charge in [-0.15, -0.1) is 0 Å². The second kappa shape index (κ2) is 3.73. The fourth-order valence-electron chi connectivity index (χ4n) is 2.08. The predicted molar refractivity (Wildman–Crippen MR) is 50.3 cm³/mol. The smallest absolute Gasteiger partial charge is 0.0351 e. The first-order chi connectivity index (χ1) is 5.90. The van der Waals surface area contributed by atoms with Crippen molar-refractivity contribution in [2.75, 3.05) is 45.8 Å². The summed E-state index contributed by atoms with van der Waals surface area (Å²) in [6.45, 7) is 10.9. The SMILES string of the molecule is CCN1CC(N2CCNCC2)C1. The number of likely N-dealkylation sites (N-methyl/N-ethyl adjacent to an activating group) is 1. The quantitative estimate of drug-likeness (QED) is 0.606. The molecule has 3 heteroatoms. The molecule has 0 bridgehead atoms. The van der Waals surface area contributed by atoms with Gasteiger partial charge in [0.25, 0.3) is 0 Å². The lowest BCUT2D eigenvalue weighted by atomic mass is 10.1. The van der Waals surface area contributed by atoms with Gasteiger partial charge in [0.05, 0.1) is 0 Å². The average Bonchev–Trinajstić information content (AvgIpc) is 2.04. The van der Waals surface area contributed by atoms with Gasteiger partial charge >= 0.3 is 0 Å². The highest BCUT2D eigenvalue weighted by Gasteiger charge is 2.30. The lowest BCUT2D eigenvalue weighted by Gasteiger charge is -2.46. The summed E-state index contributed by atoms with van der Waals surface area (Å²) in [7, 11) is 0. The van der Waals surface area contributed by atoms with E-state index in [1.807, 2.05) is 0 Å². The zero-order valence-electron chi connectivity index (χ0n) is 7.92. The molecule has 2 heterocycles. The van der Waals surface area contributed by atoms with Crippen LogP contribution in [0.15, 0.2) is 0 Å². The van der Waals surface area contributed by atoms with Crippen LogP contribution in [-0.4, -0.2) is 61.7 Å². The molecule has 0 aliphatic carbocycles. The van der Waals surface area contributed by atoms with Crippen molar-refractivity contribution in [3.05, 3.63) is 0 Å². The Morgan fingerprint density at radius 1 is 1.25 bits per heavy atom. The van der Waals surface area contributed by atoms with Crippen molar-refractivity contribution in [2.45, 2.75) is 13.0 Å². The summed E-state index contributed by atoms with van der Waals surface area (Å²) in [4.78, 5) is 5.13. The van der Waals surface area contributed by atoms with E-state index >= 15 is 0 Å². The normalized spacial score (nSPS) is 28.8. The minimum atomic E-state index is 0.868. The average molecular weight is 169 g/mol. The molecule has 0 amide bonds. The Hall–Kier alpha value is -0.120. The van der Waals surface area contributed by atoms with Gasteiger partial charge in [0.1, 0.15) is 0 Å². The van der Waals surface area contributed by atoms with E-state index in [1.54, 1.807) is 0 Å². The molecule has 0 radical (unpaired) electrons. The molecule has 12 heavy (non-hydrogen) atoms. The standard InChI is InChI=1S/C9H19N3/c1-2-11-7-9(8-11)12-5-3-10-4-6-12/h9-10H,2-8H2,1H3. The van der Waals surface area contributed by atoms with Gasteiger partial charge in [-0.25, -0.2) is 0 Å². The Morgan fingerprint density at radius 3 is 2.50 bits per heavy atom. The lowest BCUT2D eigenvalue weighted by Crippen LogP contribution is -2.62. The van der Waals surface area contributed by atoms with E-state index in [0.29, 0.717) is 0 Å². The monoisotopic (exact) mass is 169 g/mol. The molecule has 3 nitrogen and oxygen atoms in total. The second-order valence-electron chi connectivity index (χ2n) is 3.79. The topological polar surface area (TPSA) is 18.5 Å². The van der Waals surface area contributed by atoms with Crippen molar-refractivity contribution in [1.82, 2.24) is 15.1 Å². The van der Waals surface area contributed by atoms with Crippen LogP contribution in [0.4, 0.5) is 0 Å². The minimum absolute atomic E-state index is 0.868. The van der Waals surface area contributed by atoms with E-state index in [2.05, 4.69) is 22.0 Å². The van der Waals surface area contributed by atoms with Crippen LogP contribution in [0.5, 0.6) is 0 Å². The van der Waals surface area contributed by atoms with Gasteiger partial charge in [-0.2, -0.15) is 0 Å². The first kappa shape index (κ1) is 8.48. The largest absolute Gasteiger partial charge is 0.314 e. The number of nitrogens with one attached hydrogen (secondary N) is 1. The molecule has 0 atom stereocenters. The van der Waals surface area contributed by atoms with E-state index in [0.717, 1.165) is 6.04 Å². The summed E-state index contributed by atoms with van der Waals surface area (Å²) in [5.41, 5.74) is 0. The summed E-state index contributed by atoms with van der Waals surface area (Å²) in [5.74, 6) is 0. The van der Waals surface area contributed by atoms with Crippen molar-refractivity contribution in [1.29, 1.82) is 0 Å². The third-order valence-corrected chi connectivity index (χ3v) is 3.05. The van der Waals surface area contributed by atoms with Gasteiger partial charge in [-0.1, -0.05) is 6.92 Å². The fraction of sp³-hybridized carbons (Fsp3) is 1.00. The summed E-state index contributed by atoms with van der Waals surface area (Å²) in [6, 6.07) is 0.868. The van der Waals surface area contributed by atoms with Crippen molar-refractivity contribution >= 4 is 0 Å². The third-order valence-electron chi connectivity index (χ3n) is 3.05.